The van der Waals surface area contributed by atoms with Crippen molar-refractivity contribution in [3.63, 3.8) is 0 Å². The first kappa shape index (κ1) is 23.8. The van der Waals surface area contributed by atoms with E-state index in [1.807, 2.05) is 37.3 Å². The third-order valence-corrected chi connectivity index (χ3v) is 6.51. The van der Waals surface area contributed by atoms with Crippen LogP contribution in [0.15, 0.2) is 77.3 Å². The lowest BCUT2D eigenvalue weighted by Crippen LogP contribution is -2.30. The number of rotatable bonds is 9. The maximum Gasteiger partial charge on any atom is 0.251 e. The second-order valence-corrected chi connectivity index (χ2v) is 10.1. The van der Waals surface area contributed by atoms with Gasteiger partial charge >= 0.3 is 0 Å². The Kier molecular flexibility index (Phi) is 7.93. The van der Waals surface area contributed by atoms with Gasteiger partial charge in [-0.3, -0.25) is 9.10 Å². The summed E-state index contributed by atoms with van der Waals surface area (Å²) in [5.74, 6) is 0.555. The van der Waals surface area contributed by atoms with Crippen LogP contribution in [0, 0.1) is 6.92 Å². The first-order valence-corrected chi connectivity index (χ1v) is 12.7. The van der Waals surface area contributed by atoms with E-state index in [2.05, 4.69) is 21.2 Å². The first-order valence-electron chi connectivity index (χ1n) is 10.0. The number of nitrogens with zero attached hydrogens (tertiary/aromatic N) is 1. The van der Waals surface area contributed by atoms with Crippen molar-refractivity contribution in [2.24, 2.45) is 0 Å². The zero-order valence-electron chi connectivity index (χ0n) is 17.9. The van der Waals surface area contributed by atoms with Gasteiger partial charge in [-0.15, -0.1) is 0 Å². The number of carbonyl (C=O) groups is 1. The quantitative estimate of drug-likeness (QED) is 0.424. The molecule has 0 aliphatic rings. The highest BCUT2D eigenvalue weighted by atomic mass is 79.9. The SMILES string of the molecule is Cc1cccc(OCCNC(=O)c2ccc(CN(c3ccccc3Br)S(C)(=O)=O)cc2)c1. The zero-order valence-corrected chi connectivity index (χ0v) is 20.3. The van der Waals surface area contributed by atoms with Crippen molar-refractivity contribution in [2.75, 3.05) is 23.7 Å². The van der Waals surface area contributed by atoms with Crippen molar-refractivity contribution in [2.45, 2.75) is 13.5 Å². The molecular formula is C24H25BrN2O4S. The molecule has 3 aromatic carbocycles. The summed E-state index contributed by atoms with van der Waals surface area (Å²) in [7, 11) is -3.50. The van der Waals surface area contributed by atoms with Crippen LogP contribution >= 0.6 is 15.9 Å². The van der Waals surface area contributed by atoms with Gasteiger partial charge in [-0.25, -0.2) is 8.42 Å². The summed E-state index contributed by atoms with van der Waals surface area (Å²) in [6.45, 7) is 2.89. The summed E-state index contributed by atoms with van der Waals surface area (Å²) < 4.78 is 32.4. The van der Waals surface area contributed by atoms with Crippen LogP contribution in [0.25, 0.3) is 0 Å². The molecule has 0 bridgehead atoms. The van der Waals surface area contributed by atoms with E-state index in [0.717, 1.165) is 16.9 Å². The number of hydrogen-bond donors (Lipinski definition) is 1. The first-order chi connectivity index (χ1) is 15.2. The number of aryl methyl sites for hydroxylation is 1. The van der Waals surface area contributed by atoms with Gasteiger partial charge in [-0.2, -0.15) is 0 Å². The van der Waals surface area contributed by atoms with Gasteiger partial charge in [0, 0.05) is 10.0 Å². The highest BCUT2D eigenvalue weighted by molar-refractivity contribution is 9.10. The molecule has 0 saturated carbocycles. The van der Waals surface area contributed by atoms with E-state index in [1.54, 1.807) is 42.5 Å². The fourth-order valence-corrected chi connectivity index (χ4v) is 4.62. The number of para-hydroxylation sites is 1. The topological polar surface area (TPSA) is 75.7 Å². The van der Waals surface area contributed by atoms with E-state index >= 15 is 0 Å². The average molecular weight is 517 g/mol. The molecule has 8 heteroatoms. The minimum absolute atomic E-state index is 0.160. The molecule has 32 heavy (non-hydrogen) atoms. The molecule has 0 radical (unpaired) electrons. The Morgan fingerprint density at radius 1 is 1.03 bits per heavy atom. The maximum atomic E-state index is 12.4. The second kappa shape index (κ2) is 10.7. The summed E-state index contributed by atoms with van der Waals surface area (Å²) in [6, 6.07) is 21.8. The van der Waals surface area contributed by atoms with Gasteiger partial charge in [0.05, 0.1) is 25.0 Å². The molecule has 0 spiro atoms. The monoisotopic (exact) mass is 516 g/mol. The maximum absolute atomic E-state index is 12.4. The van der Waals surface area contributed by atoms with Crippen molar-refractivity contribution in [3.8, 4) is 5.75 Å². The van der Waals surface area contributed by atoms with E-state index < -0.39 is 10.0 Å². The van der Waals surface area contributed by atoms with Crippen LogP contribution in [0.3, 0.4) is 0 Å². The molecule has 3 aromatic rings. The second-order valence-electron chi connectivity index (χ2n) is 7.34. The average Bonchev–Trinajstić information content (AvgIpc) is 2.75. The van der Waals surface area contributed by atoms with E-state index in [4.69, 9.17) is 4.74 Å². The van der Waals surface area contributed by atoms with E-state index in [0.29, 0.717) is 28.9 Å². The van der Waals surface area contributed by atoms with Crippen LogP contribution in [-0.4, -0.2) is 33.7 Å². The highest BCUT2D eigenvalue weighted by Crippen LogP contribution is 2.29. The molecule has 168 valence electrons. The van der Waals surface area contributed by atoms with Gasteiger partial charge in [-0.1, -0.05) is 36.4 Å². The molecular weight excluding hydrogens is 492 g/mol. The fraction of sp³-hybridized carbons (Fsp3) is 0.208. The molecule has 1 amide bonds. The van der Waals surface area contributed by atoms with Crippen LogP contribution in [0.4, 0.5) is 5.69 Å². The summed E-state index contributed by atoms with van der Waals surface area (Å²) in [4.78, 5) is 12.4. The zero-order chi connectivity index (χ0) is 23.1. The van der Waals surface area contributed by atoms with Gasteiger partial charge in [-0.05, 0) is 70.4 Å². The Hall–Kier alpha value is -2.84. The molecule has 0 aliphatic heterocycles. The lowest BCUT2D eigenvalue weighted by atomic mass is 10.1. The Bertz CT molecular complexity index is 1180. The lowest BCUT2D eigenvalue weighted by molar-refractivity contribution is 0.0947. The minimum atomic E-state index is -3.50. The third-order valence-electron chi connectivity index (χ3n) is 4.71. The Morgan fingerprint density at radius 3 is 2.41 bits per heavy atom. The van der Waals surface area contributed by atoms with Crippen molar-refractivity contribution < 1.29 is 17.9 Å². The minimum Gasteiger partial charge on any atom is -0.492 e. The molecule has 0 fully saturated rings. The number of halogens is 1. The molecule has 0 saturated heterocycles. The van der Waals surface area contributed by atoms with Crippen LogP contribution in [-0.2, 0) is 16.6 Å². The number of amides is 1. The number of sulfonamides is 1. The summed E-state index contributed by atoms with van der Waals surface area (Å²) in [6.07, 6.45) is 1.17. The summed E-state index contributed by atoms with van der Waals surface area (Å²) >= 11 is 3.41. The Balaban J connectivity index is 1.58. The number of carbonyl (C=O) groups excluding carboxylic acids is 1. The van der Waals surface area contributed by atoms with Gasteiger partial charge in [0.1, 0.15) is 12.4 Å². The van der Waals surface area contributed by atoms with Crippen molar-refractivity contribution in [1.29, 1.82) is 0 Å². The van der Waals surface area contributed by atoms with Crippen molar-refractivity contribution in [1.82, 2.24) is 5.32 Å². The Labute approximate surface area is 197 Å². The number of benzene rings is 3. The fourth-order valence-electron chi connectivity index (χ4n) is 3.10. The standard InChI is InChI=1S/C24H25BrN2O4S/c1-18-6-5-7-21(16-18)31-15-14-26-24(28)20-12-10-19(11-13-20)17-27(32(2,29)30)23-9-4-3-8-22(23)25/h3-13,16H,14-15,17H2,1-2H3,(H,26,28). The summed E-state index contributed by atoms with van der Waals surface area (Å²) in [5.41, 5.74) is 2.94. The highest BCUT2D eigenvalue weighted by Gasteiger charge is 2.20. The van der Waals surface area contributed by atoms with Gasteiger partial charge in [0.15, 0.2) is 0 Å². The van der Waals surface area contributed by atoms with Gasteiger partial charge in [0.2, 0.25) is 10.0 Å². The molecule has 1 N–H and O–H groups in total. The predicted octanol–water partition coefficient (Wildman–Crippen LogP) is 4.53. The molecule has 0 atom stereocenters. The van der Waals surface area contributed by atoms with Crippen molar-refractivity contribution >= 4 is 37.5 Å². The number of anilines is 1. The largest absolute Gasteiger partial charge is 0.492 e. The molecule has 0 aromatic heterocycles. The lowest BCUT2D eigenvalue weighted by Gasteiger charge is -2.23. The molecule has 0 heterocycles. The molecule has 3 rings (SSSR count). The summed E-state index contributed by atoms with van der Waals surface area (Å²) in [5, 5.41) is 2.83. The molecule has 0 aliphatic carbocycles. The number of nitrogens with one attached hydrogen (secondary N) is 1. The van der Waals surface area contributed by atoms with Gasteiger partial charge in [0.25, 0.3) is 5.91 Å². The van der Waals surface area contributed by atoms with Gasteiger partial charge < -0.3 is 10.1 Å². The van der Waals surface area contributed by atoms with E-state index in [-0.39, 0.29) is 12.5 Å². The van der Waals surface area contributed by atoms with E-state index in [1.165, 1.54) is 10.6 Å². The molecule has 0 unspecified atom stereocenters. The Morgan fingerprint density at radius 2 is 1.75 bits per heavy atom. The van der Waals surface area contributed by atoms with Crippen LogP contribution in [0.5, 0.6) is 5.75 Å². The van der Waals surface area contributed by atoms with Crippen LogP contribution in [0.1, 0.15) is 21.5 Å². The number of hydrogen-bond acceptors (Lipinski definition) is 4. The van der Waals surface area contributed by atoms with Crippen molar-refractivity contribution in [3.05, 3.63) is 94.0 Å². The van der Waals surface area contributed by atoms with Crippen LogP contribution < -0.4 is 14.4 Å². The van der Waals surface area contributed by atoms with E-state index in [9.17, 15) is 13.2 Å². The molecule has 6 nitrogen and oxygen atoms in total. The third kappa shape index (κ3) is 6.58. The number of ether oxygens (including phenoxy) is 1. The van der Waals surface area contributed by atoms with Crippen LogP contribution in [0.2, 0.25) is 0 Å². The smallest absolute Gasteiger partial charge is 0.251 e. The predicted molar refractivity (Wildman–Crippen MR) is 131 cm³/mol. The normalized spacial score (nSPS) is 11.1.